The molecular formula is C23H23NO2. The molecule has 0 amide bonds. The lowest BCUT2D eigenvalue weighted by molar-refractivity contribution is 0.355. The number of hydrogen-bond donors (Lipinski definition) is 1. The standard InChI is InChI=1S/C23H23NO2/c1-23(2)19-8-6-5-7-17(19)18-11-9-15(13-20(18)23)24-16-10-12-21(25-3)22(14-16)26-4/h5-14,24H,1-4H3. The number of rotatable bonds is 4. The summed E-state index contributed by atoms with van der Waals surface area (Å²) in [6.07, 6.45) is 0. The lowest BCUT2D eigenvalue weighted by atomic mass is 9.82. The maximum Gasteiger partial charge on any atom is 0.162 e. The molecule has 1 N–H and O–H groups in total. The first kappa shape index (κ1) is 16.5. The fourth-order valence-electron chi connectivity index (χ4n) is 3.86. The van der Waals surface area contributed by atoms with Gasteiger partial charge in [-0.2, -0.15) is 0 Å². The Labute approximate surface area is 154 Å². The van der Waals surface area contributed by atoms with Crippen molar-refractivity contribution in [1.82, 2.24) is 0 Å². The Morgan fingerprint density at radius 3 is 2.12 bits per heavy atom. The molecular weight excluding hydrogens is 322 g/mol. The van der Waals surface area contributed by atoms with Crippen LogP contribution in [-0.4, -0.2) is 14.2 Å². The van der Waals surface area contributed by atoms with Crippen LogP contribution in [0, 0.1) is 0 Å². The first-order valence-electron chi connectivity index (χ1n) is 8.78. The van der Waals surface area contributed by atoms with Crippen molar-refractivity contribution >= 4 is 11.4 Å². The smallest absolute Gasteiger partial charge is 0.162 e. The van der Waals surface area contributed by atoms with Crippen LogP contribution in [0.25, 0.3) is 11.1 Å². The van der Waals surface area contributed by atoms with E-state index in [1.807, 2.05) is 18.2 Å². The minimum Gasteiger partial charge on any atom is -0.493 e. The average molecular weight is 345 g/mol. The third-order valence-corrected chi connectivity index (χ3v) is 5.26. The van der Waals surface area contributed by atoms with E-state index in [0.29, 0.717) is 5.75 Å². The second-order valence-corrected chi connectivity index (χ2v) is 7.13. The molecule has 26 heavy (non-hydrogen) atoms. The van der Waals surface area contributed by atoms with Crippen LogP contribution in [0.15, 0.2) is 60.7 Å². The Morgan fingerprint density at radius 2 is 1.35 bits per heavy atom. The van der Waals surface area contributed by atoms with E-state index < -0.39 is 0 Å². The maximum absolute atomic E-state index is 5.40. The highest BCUT2D eigenvalue weighted by Crippen LogP contribution is 2.49. The maximum atomic E-state index is 5.40. The van der Waals surface area contributed by atoms with Gasteiger partial charge in [0.25, 0.3) is 0 Å². The summed E-state index contributed by atoms with van der Waals surface area (Å²) in [5.41, 5.74) is 7.44. The van der Waals surface area contributed by atoms with Crippen molar-refractivity contribution in [3.63, 3.8) is 0 Å². The van der Waals surface area contributed by atoms with Crippen molar-refractivity contribution in [2.24, 2.45) is 0 Å². The van der Waals surface area contributed by atoms with Gasteiger partial charge in [0.15, 0.2) is 11.5 Å². The van der Waals surface area contributed by atoms with Crippen molar-refractivity contribution in [2.75, 3.05) is 19.5 Å². The molecule has 0 atom stereocenters. The van der Waals surface area contributed by atoms with E-state index >= 15 is 0 Å². The number of hydrogen-bond acceptors (Lipinski definition) is 3. The van der Waals surface area contributed by atoms with Crippen molar-refractivity contribution in [1.29, 1.82) is 0 Å². The number of fused-ring (bicyclic) bond motifs is 3. The SMILES string of the molecule is COc1ccc(Nc2ccc3c(c2)C(C)(C)c2ccccc2-3)cc1OC. The van der Waals surface area contributed by atoms with Crippen molar-refractivity contribution < 1.29 is 9.47 Å². The fraction of sp³-hybridized carbons (Fsp3) is 0.217. The van der Waals surface area contributed by atoms with E-state index in [1.54, 1.807) is 14.2 Å². The predicted octanol–water partition coefficient (Wildman–Crippen LogP) is 5.75. The largest absolute Gasteiger partial charge is 0.493 e. The Morgan fingerprint density at radius 1 is 0.692 bits per heavy atom. The van der Waals surface area contributed by atoms with Gasteiger partial charge in [0.2, 0.25) is 0 Å². The molecule has 132 valence electrons. The number of methoxy groups -OCH3 is 2. The molecule has 0 bridgehead atoms. The first-order chi connectivity index (χ1) is 12.5. The predicted molar refractivity (Wildman–Crippen MR) is 107 cm³/mol. The Hall–Kier alpha value is -2.94. The number of anilines is 2. The highest BCUT2D eigenvalue weighted by molar-refractivity contribution is 5.83. The molecule has 0 radical (unpaired) electrons. The van der Waals surface area contributed by atoms with Gasteiger partial charge >= 0.3 is 0 Å². The monoisotopic (exact) mass is 345 g/mol. The molecule has 3 heteroatoms. The zero-order valence-corrected chi connectivity index (χ0v) is 15.6. The highest BCUT2D eigenvalue weighted by Gasteiger charge is 2.35. The van der Waals surface area contributed by atoms with Crippen LogP contribution in [0.3, 0.4) is 0 Å². The van der Waals surface area contributed by atoms with Crippen molar-refractivity contribution in [3.05, 3.63) is 71.8 Å². The Balaban J connectivity index is 1.70. The summed E-state index contributed by atoms with van der Waals surface area (Å²) in [5, 5.41) is 3.49. The molecule has 4 rings (SSSR count). The van der Waals surface area contributed by atoms with Crippen LogP contribution < -0.4 is 14.8 Å². The number of nitrogens with one attached hydrogen (secondary N) is 1. The second kappa shape index (κ2) is 6.10. The zero-order valence-electron chi connectivity index (χ0n) is 15.6. The molecule has 3 aromatic carbocycles. The van der Waals surface area contributed by atoms with Gasteiger partial charge in [0.1, 0.15) is 0 Å². The average Bonchev–Trinajstić information content (AvgIpc) is 2.89. The van der Waals surface area contributed by atoms with Crippen molar-refractivity contribution in [3.8, 4) is 22.6 Å². The third-order valence-electron chi connectivity index (χ3n) is 5.26. The summed E-state index contributed by atoms with van der Waals surface area (Å²) in [7, 11) is 3.29. The zero-order chi connectivity index (χ0) is 18.3. The number of benzene rings is 3. The van der Waals surface area contributed by atoms with Crippen LogP contribution >= 0.6 is 0 Å². The molecule has 0 fully saturated rings. The lowest BCUT2D eigenvalue weighted by Crippen LogP contribution is -2.15. The molecule has 0 aliphatic heterocycles. The summed E-state index contributed by atoms with van der Waals surface area (Å²) in [5.74, 6) is 1.44. The number of ether oxygens (including phenoxy) is 2. The van der Waals surface area contributed by atoms with Gasteiger partial charge in [0, 0.05) is 22.9 Å². The van der Waals surface area contributed by atoms with E-state index in [-0.39, 0.29) is 5.41 Å². The molecule has 0 heterocycles. The van der Waals surface area contributed by atoms with Crippen LogP contribution in [-0.2, 0) is 5.41 Å². The summed E-state index contributed by atoms with van der Waals surface area (Å²) in [6, 6.07) is 21.1. The highest BCUT2D eigenvalue weighted by atomic mass is 16.5. The molecule has 3 nitrogen and oxygen atoms in total. The quantitative estimate of drug-likeness (QED) is 0.653. The van der Waals surface area contributed by atoms with E-state index in [1.165, 1.54) is 22.3 Å². The molecule has 0 saturated carbocycles. The summed E-state index contributed by atoms with van der Waals surface area (Å²) in [6.45, 7) is 4.58. The molecule has 0 saturated heterocycles. The first-order valence-corrected chi connectivity index (χ1v) is 8.78. The second-order valence-electron chi connectivity index (χ2n) is 7.13. The third kappa shape index (κ3) is 2.51. The summed E-state index contributed by atoms with van der Waals surface area (Å²) < 4.78 is 10.7. The lowest BCUT2D eigenvalue weighted by Gasteiger charge is -2.22. The molecule has 0 unspecified atom stereocenters. The van der Waals surface area contributed by atoms with Crippen LogP contribution in [0.4, 0.5) is 11.4 Å². The summed E-state index contributed by atoms with van der Waals surface area (Å²) >= 11 is 0. The molecule has 1 aliphatic carbocycles. The minimum absolute atomic E-state index is 0.00121. The topological polar surface area (TPSA) is 30.5 Å². The molecule has 0 aromatic heterocycles. The van der Waals surface area contributed by atoms with Crippen molar-refractivity contribution in [2.45, 2.75) is 19.3 Å². The fourth-order valence-corrected chi connectivity index (χ4v) is 3.86. The van der Waals surface area contributed by atoms with Gasteiger partial charge in [-0.05, 0) is 46.5 Å². The van der Waals surface area contributed by atoms with Gasteiger partial charge in [-0.3, -0.25) is 0 Å². The van der Waals surface area contributed by atoms with Gasteiger partial charge in [0.05, 0.1) is 14.2 Å². The van der Waals surface area contributed by atoms with Crippen LogP contribution in [0.5, 0.6) is 11.5 Å². The molecule has 0 spiro atoms. The summed E-state index contributed by atoms with van der Waals surface area (Å²) in [4.78, 5) is 0. The normalized spacial score (nSPS) is 13.7. The Kier molecular flexibility index (Phi) is 3.87. The minimum atomic E-state index is 0.00121. The Bertz CT molecular complexity index is 976. The van der Waals surface area contributed by atoms with Crippen LogP contribution in [0.1, 0.15) is 25.0 Å². The van der Waals surface area contributed by atoms with E-state index in [4.69, 9.17) is 9.47 Å². The van der Waals surface area contributed by atoms with Gasteiger partial charge in [-0.25, -0.2) is 0 Å². The molecule has 3 aromatic rings. The molecule has 1 aliphatic rings. The van der Waals surface area contributed by atoms with Gasteiger partial charge in [-0.15, -0.1) is 0 Å². The van der Waals surface area contributed by atoms with Gasteiger partial charge < -0.3 is 14.8 Å². The van der Waals surface area contributed by atoms with E-state index in [9.17, 15) is 0 Å². The van der Waals surface area contributed by atoms with E-state index in [0.717, 1.165) is 17.1 Å². The van der Waals surface area contributed by atoms with Gasteiger partial charge in [-0.1, -0.05) is 44.2 Å². The van der Waals surface area contributed by atoms with Crippen LogP contribution in [0.2, 0.25) is 0 Å². The van der Waals surface area contributed by atoms with E-state index in [2.05, 4.69) is 61.6 Å².